The predicted molar refractivity (Wildman–Crippen MR) is 130 cm³/mol. The van der Waals surface area contributed by atoms with Crippen LogP contribution in [0.15, 0.2) is 24.3 Å². The molecule has 1 N–H and O–H groups in total. The highest BCUT2D eigenvalue weighted by atomic mass is 16.5. The van der Waals surface area contributed by atoms with E-state index in [0.717, 1.165) is 95.1 Å². The molecule has 4 aliphatic rings. The second-order valence-corrected chi connectivity index (χ2v) is 10.8. The van der Waals surface area contributed by atoms with E-state index in [1.54, 1.807) is 0 Å². The number of piperidine rings is 1. The lowest BCUT2D eigenvalue weighted by molar-refractivity contribution is -0.154. The number of nitrogens with zero attached hydrogens (tertiary/aromatic N) is 2. The van der Waals surface area contributed by atoms with Crippen molar-refractivity contribution >= 4 is 23.6 Å². The molecule has 184 valence electrons. The maximum absolute atomic E-state index is 13.4. The van der Waals surface area contributed by atoms with E-state index in [2.05, 4.69) is 10.2 Å². The molecular weight excluding hydrogens is 430 g/mol. The molecule has 1 spiro atoms. The number of likely N-dealkylation sites (tertiary alicyclic amines) is 1. The molecule has 7 heteroatoms. The highest BCUT2D eigenvalue weighted by Crippen LogP contribution is 2.51. The van der Waals surface area contributed by atoms with Crippen LogP contribution in [0, 0.1) is 11.3 Å². The molecule has 0 atom stereocenters. The molecule has 2 aliphatic carbocycles. The number of esters is 1. The number of urea groups is 1. The number of para-hydroxylation sites is 1. The van der Waals surface area contributed by atoms with Gasteiger partial charge in [0.1, 0.15) is 0 Å². The molecule has 2 aliphatic heterocycles. The molecule has 2 saturated carbocycles. The molecule has 1 saturated heterocycles. The Morgan fingerprint density at radius 3 is 2.35 bits per heavy atom. The Balaban J connectivity index is 1.16. The number of fused-ring (bicyclic) bond motifs is 2. The minimum Gasteiger partial charge on any atom is -0.469 e. The van der Waals surface area contributed by atoms with Crippen LogP contribution in [-0.4, -0.2) is 56.1 Å². The molecule has 1 aromatic rings. The summed E-state index contributed by atoms with van der Waals surface area (Å²) in [5.41, 5.74) is 0.934. The van der Waals surface area contributed by atoms with Crippen molar-refractivity contribution in [3.05, 3.63) is 29.8 Å². The third-order valence-electron chi connectivity index (χ3n) is 8.89. The molecule has 0 radical (unpaired) electrons. The fraction of sp³-hybridized carbons (Fsp3) is 0.667. The normalized spacial score (nSPS) is 23.9. The van der Waals surface area contributed by atoms with Crippen LogP contribution >= 0.6 is 0 Å². The predicted octanol–water partition coefficient (Wildman–Crippen LogP) is 4.00. The third-order valence-corrected chi connectivity index (χ3v) is 8.89. The zero-order chi connectivity index (χ0) is 23.8. The Hall–Kier alpha value is -2.41. The molecule has 3 fully saturated rings. The Morgan fingerprint density at radius 1 is 1.03 bits per heavy atom. The number of amides is 3. The topological polar surface area (TPSA) is 79.0 Å². The SMILES string of the molecule is COC(=O)C1(CN2CCC(CNC(=O)N3C(=O)C4(CCCC4)c4ccccc43)CC2)CCCC1. The average Bonchev–Trinajstić information content (AvgIpc) is 3.59. The summed E-state index contributed by atoms with van der Waals surface area (Å²) >= 11 is 0. The number of carbonyl (C=O) groups is 3. The van der Waals surface area contributed by atoms with Crippen LogP contribution < -0.4 is 10.2 Å². The highest BCUT2D eigenvalue weighted by molar-refractivity contribution is 6.22. The lowest BCUT2D eigenvalue weighted by atomic mass is 9.80. The van der Waals surface area contributed by atoms with Crippen molar-refractivity contribution in [1.82, 2.24) is 10.2 Å². The van der Waals surface area contributed by atoms with Gasteiger partial charge in [0.15, 0.2) is 0 Å². The minimum atomic E-state index is -0.505. The zero-order valence-electron chi connectivity index (χ0n) is 20.3. The summed E-state index contributed by atoms with van der Waals surface area (Å²) < 4.78 is 5.14. The molecule has 1 aromatic carbocycles. The second-order valence-electron chi connectivity index (χ2n) is 10.8. The summed E-state index contributed by atoms with van der Waals surface area (Å²) in [6.45, 7) is 3.20. The summed E-state index contributed by atoms with van der Waals surface area (Å²) in [5.74, 6) is 0.268. The van der Waals surface area contributed by atoms with Gasteiger partial charge in [-0.3, -0.25) is 9.59 Å². The minimum absolute atomic E-state index is 0.0526. The number of imide groups is 1. The molecule has 5 rings (SSSR count). The number of methoxy groups -OCH3 is 1. The van der Waals surface area contributed by atoms with Gasteiger partial charge < -0.3 is 15.0 Å². The first-order valence-electron chi connectivity index (χ1n) is 13.0. The van der Waals surface area contributed by atoms with Gasteiger partial charge in [-0.25, -0.2) is 9.69 Å². The summed E-state index contributed by atoms with van der Waals surface area (Å²) in [5, 5.41) is 3.07. The number of ether oxygens (including phenoxy) is 1. The number of rotatable bonds is 5. The molecule has 0 unspecified atom stereocenters. The van der Waals surface area contributed by atoms with Crippen LogP contribution in [0.4, 0.5) is 10.5 Å². The number of hydrogen-bond donors (Lipinski definition) is 1. The third kappa shape index (κ3) is 3.92. The second kappa shape index (κ2) is 9.33. The van der Waals surface area contributed by atoms with Gasteiger partial charge in [0, 0.05) is 13.1 Å². The largest absolute Gasteiger partial charge is 0.469 e. The Kier molecular flexibility index (Phi) is 6.40. The fourth-order valence-electron chi connectivity index (χ4n) is 6.96. The molecular formula is C27H37N3O4. The van der Waals surface area contributed by atoms with Crippen molar-refractivity contribution in [2.45, 2.75) is 69.6 Å². The first-order chi connectivity index (χ1) is 16.5. The molecule has 7 nitrogen and oxygen atoms in total. The molecule has 34 heavy (non-hydrogen) atoms. The average molecular weight is 468 g/mol. The van der Waals surface area contributed by atoms with Crippen molar-refractivity contribution in [2.24, 2.45) is 11.3 Å². The van der Waals surface area contributed by atoms with Crippen molar-refractivity contribution in [3.8, 4) is 0 Å². The van der Waals surface area contributed by atoms with Gasteiger partial charge in [-0.2, -0.15) is 0 Å². The lowest BCUT2D eigenvalue weighted by Crippen LogP contribution is -2.49. The van der Waals surface area contributed by atoms with E-state index in [4.69, 9.17) is 4.74 Å². The van der Waals surface area contributed by atoms with E-state index in [0.29, 0.717) is 12.5 Å². The van der Waals surface area contributed by atoms with Crippen molar-refractivity contribution in [2.75, 3.05) is 38.2 Å². The van der Waals surface area contributed by atoms with Crippen molar-refractivity contribution in [3.63, 3.8) is 0 Å². The van der Waals surface area contributed by atoms with E-state index in [-0.39, 0.29) is 23.3 Å². The Bertz CT molecular complexity index is 941. The van der Waals surface area contributed by atoms with E-state index in [1.165, 1.54) is 12.0 Å². The van der Waals surface area contributed by atoms with E-state index in [1.807, 2.05) is 24.3 Å². The van der Waals surface area contributed by atoms with Crippen LogP contribution in [0.5, 0.6) is 0 Å². The first kappa shape index (κ1) is 23.3. The smallest absolute Gasteiger partial charge is 0.328 e. The van der Waals surface area contributed by atoms with Gasteiger partial charge in [-0.1, -0.05) is 43.9 Å². The van der Waals surface area contributed by atoms with E-state index < -0.39 is 5.41 Å². The molecule has 0 aromatic heterocycles. The number of nitrogens with one attached hydrogen (secondary N) is 1. The van der Waals surface area contributed by atoms with Gasteiger partial charge in [-0.05, 0) is 69.2 Å². The Morgan fingerprint density at radius 2 is 1.68 bits per heavy atom. The number of anilines is 1. The fourth-order valence-corrected chi connectivity index (χ4v) is 6.96. The summed E-state index contributed by atoms with van der Waals surface area (Å²) in [7, 11) is 1.50. The zero-order valence-corrected chi connectivity index (χ0v) is 20.3. The van der Waals surface area contributed by atoms with Gasteiger partial charge in [0.05, 0.1) is 23.6 Å². The van der Waals surface area contributed by atoms with Gasteiger partial charge in [0.2, 0.25) is 5.91 Å². The van der Waals surface area contributed by atoms with Gasteiger partial charge >= 0.3 is 12.0 Å². The lowest BCUT2D eigenvalue weighted by Gasteiger charge is -2.37. The van der Waals surface area contributed by atoms with Crippen molar-refractivity contribution < 1.29 is 19.1 Å². The van der Waals surface area contributed by atoms with E-state index >= 15 is 0 Å². The first-order valence-corrected chi connectivity index (χ1v) is 13.0. The maximum Gasteiger partial charge on any atom is 0.328 e. The number of benzene rings is 1. The molecule has 0 bridgehead atoms. The summed E-state index contributed by atoms with van der Waals surface area (Å²) in [6.07, 6.45) is 9.71. The van der Waals surface area contributed by atoms with Crippen molar-refractivity contribution in [1.29, 1.82) is 0 Å². The standard InChI is InChI=1S/C27H37N3O4/c1-34-24(32)26(12-4-5-13-26)19-29-16-10-20(11-17-29)18-28-25(33)30-22-9-3-2-8-21(22)27(23(30)31)14-6-7-15-27/h2-3,8-9,20H,4-7,10-19H2,1H3,(H,28,33). The van der Waals surface area contributed by atoms with Crippen LogP contribution in [0.3, 0.4) is 0 Å². The van der Waals surface area contributed by atoms with Crippen LogP contribution in [0.2, 0.25) is 0 Å². The quantitative estimate of drug-likeness (QED) is 0.662. The maximum atomic E-state index is 13.4. The number of carbonyl (C=O) groups excluding carboxylic acids is 3. The van der Waals surface area contributed by atoms with E-state index in [9.17, 15) is 14.4 Å². The van der Waals surface area contributed by atoms with Crippen LogP contribution in [0.25, 0.3) is 0 Å². The molecule has 3 amide bonds. The van der Waals surface area contributed by atoms with Gasteiger partial charge in [-0.15, -0.1) is 0 Å². The Labute approximate surface area is 202 Å². The molecule has 2 heterocycles. The highest BCUT2D eigenvalue weighted by Gasteiger charge is 2.53. The van der Waals surface area contributed by atoms with Crippen LogP contribution in [-0.2, 0) is 19.7 Å². The number of hydrogen-bond acceptors (Lipinski definition) is 5. The summed E-state index contributed by atoms with van der Waals surface area (Å²) in [4.78, 5) is 42.8. The summed E-state index contributed by atoms with van der Waals surface area (Å²) in [6, 6.07) is 7.50. The van der Waals surface area contributed by atoms with Crippen LogP contribution in [0.1, 0.15) is 69.8 Å². The van der Waals surface area contributed by atoms with Gasteiger partial charge in [0.25, 0.3) is 0 Å². The monoisotopic (exact) mass is 467 g/mol.